The third-order valence-electron chi connectivity index (χ3n) is 2.92. The summed E-state index contributed by atoms with van der Waals surface area (Å²) in [6, 6.07) is 3.73. The smallest absolute Gasteiger partial charge is 0.303 e. The van der Waals surface area contributed by atoms with Crippen LogP contribution in [0.5, 0.6) is 11.5 Å². The van der Waals surface area contributed by atoms with Crippen molar-refractivity contribution in [2.45, 2.75) is 6.42 Å². The number of carboxylic acids is 1. The second kappa shape index (κ2) is 4.56. The van der Waals surface area contributed by atoms with Crippen LogP contribution in [0.4, 0.5) is 0 Å². The van der Waals surface area contributed by atoms with Gasteiger partial charge in [0.2, 0.25) is 0 Å². The molecule has 1 aromatic carbocycles. The lowest BCUT2D eigenvalue weighted by Gasteiger charge is -2.38. The fourth-order valence-corrected chi connectivity index (χ4v) is 1.98. The fraction of sp³-hybridized carbons (Fsp3) is 0.333. The molecule has 1 aliphatic heterocycles. The highest BCUT2D eigenvalue weighted by atomic mass is 16.4. The highest BCUT2D eigenvalue weighted by Crippen LogP contribution is 2.27. The van der Waals surface area contributed by atoms with E-state index in [-0.39, 0.29) is 29.4 Å². The zero-order valence-electron chi connectivity index (χ0n) is 9.54. The number of nitrogens with zero attached hydrogens (tertiary/aromatic N) is 1. The van der Waals surface area contributed by atoms with Crippen molar-refractivity contribution in [1.82, 2.24) is 4.90 Å². The molecule has 0 bridgehead atoms. The van der Waals surface area contributed by atoms with Gasteiger partial charge in [0.25, 0.3) is 5.91 Å². The lowest BCUT2D eigenvalue weighted by molar-refractivity contribution is -0.139. The van der Waals surface area contributed by atoms with Gasteiger partial charge in [-0.3, -0.25) is 9.59 Å². The maximum Gasteiger partial charge on any atom is 0.303 e. The van der Waals surface area contributed by atoms with Gasteiger partial charge in [-0.25, -0.2) is 0 Å². The van der Waals surface area contributed by atoms with E-state index in [4.69, 9.17) is 5.11 Å². The van der Waals surface area contributed by atoms with E-state index in [1.54, 1.807) is 0 Å². The number of carbonyl (C=O) groups excluding carboxylic acids is 1. The van der Waals surface area contributed by atoms with Gasteiger partial charge in [-0.15, -0.1) is 0 Å². The molecule has 1 amide bonds. The van der Waals surface area contributed by atoms with Crippen LogP contribution in [-0.2, 0) is 4.79 Å². The molecule has 1 fully saturated rings. The Morgan fingerprint density at radius 3 is 2.56 bits per heavy atom. The normalized spacial score (nSPS) is 15.2. The Kier molecular flexibility index (Phi) is 3.10. The highest BCUT2D eigenvalue weighted by Gasteiger charge is 2.33. The van der Waals surface area contributed by atoms with Crippen LogP contribution in [-0.4, -0.2) is 45.2 Å². The maximum absolute atomic E-state index is 11.9. The van der Waals surface area contributed by atoms with Crippen molar-refractivity contribution >= 4 is 11.9 Å². The first-order valence-electron chi connectivity index (χ1n) is 5.50. The SMILES string of the molecule is O=C(O)CC1CN(C(=O)c2cc(O)ccc2O)C1. The minimum atomic E-state index is -0.882. The van der Waals surface area contributed by atoms with Crippen molar-refractivity contribution in [1.29, 1.82) is 0 Å². The van der Waals surface area contributed by atoms with E-state index < -0.39 is 11.9 Å². The third-order valence-corrected chi connectivity index (χ3v) is 2.92. The number of hydrogen-bond acceptors (Lipinski definition) is 4. The van der Waals surface area contributed by atoms with Crippen molar-refractivity contribution < 1.29 is 24.9 Å². The molecule has 1 heterocycles. The van der Waals surface area contributed by atoms with Gasteiger partial charge in [-0.1, -0.05) is 0 Å². The largest absolute Gasteiger partial charge is 0.508 e. The first-order chi connectivity index (χ1) is 8.47. The quantitative estimate of drug-likeness (QED) is 0.685. The lowest BCUT2D eigenvalue weighted by atomic mass is 9.95. The van der Waals surface area contributed by atoms with Crippen LogP contribution < -0.4 is 0 Å². The molecule has 0 unspecified atom stereocenters. The lowest BCUT2D eigenvalue weighted by Crippen LogP contribution is -2.50. The zero-order chi connectivity index (χ0) is 13.3. The van der Waals surface area contributed by atoms with Gasteiger partial charge >= 0.3 is 5.97 Å². The van der Waals surface area contributed by atoms with Crippen LogP contribution in [0.1, 0.15) is 16.8 Å². The third kappa shape index (κ3) is 2.37. The standard InChI is InChI=1S/C12H13NO5/c14-8-1-2-10(15)9(4-8)12(18)13-5-7(6-13)3-11(16)17/h1-2,4,7,14-15H,3,5-6H2,(H,16,17). The molecule has 96 valence electrons. The van der Waals surface area contributed by atoms with Crippen LogP contribution in [0.25, 0.3) is 0 Å². The van der Waals surface area contributed by atoms with E-state index in [2.05, 4.69) is 0 Å². The van der Waals surface area contributed by atoms with Crippen LogP contribution >= 0.6 is 0 Å². The number of likely N-dealkylation sites (tertiary alicyclic amines) is 1. The molecule has 0 aromatic heterocycles. The second-order valence-electron chi connectivity index (χ2n) is 4.38. The number of benzene rings is 1. The summed E-state index contributed by atoms with van der Waals surface area (Å²) in [5.41, 5.74) is 0.0313. The summed E-state index contributed by atoms with van der Waals surface area (Å²) in [5.74, 6) is -1.61. The number of carbonyl (C=O) groups is 2. The zero-order valence-corrected chi connectivity index (χ0v) is 9.54. The van der Waals surface area contributed by atoms with Gasteiger partial charge in [0, 0.05) is 19.0 Å². The summed E-state index contributed by atoms with van der Waals surface area (Å²) in [6.45, 7) is 0.723. The maximum atomic E-state index is 11.9. The molecular weight excluding hydrogens is 238 g/mol. The van der Waals surface area contributed by atoms with Gasteiger partial charge in [0.15, 0.2) is 0 Å². The molecule has 0 aliphatic carbocycles. The summed E-state index contributed by atoms with van der Waals surface area (Å²) in [4.78, 5) is 23.9. The topological polar surface area (TPSA) is 98.1 Å². The van der Waals surface area contributed by atoms with E-state index in [0.29, 0.717) is 13.1 Å². The predicted molar refractivity (Wildman–Crippen MR) is 61.4 cm³/mol. The number of rotatable bonds is 3. The fourth-order valence-electron chi connectivity index (χ4n) is 1.98. The first-order valence-corrected chi connectivity index (χ1v) is 5.50. The van der Waals surface area contributed by atoms with Crippen molar-refractivity contribution in [3.63, 3.8) is 0 Å². The number of aliphatic carboxylic acids is 1. The average molecular weight is 251 g/mol. The number of phenols is 2. The van der Waals surface area contributed by atoms with E-state index in [9.17, 15) is 19.8 Å². The van der Waals surface area contributed by atoms with E-state index >= 15 is 0 Å². The minimum Gasteiger partial charge on any atom is -0.508 e. The van der Waals surface area contributed by atoms with Crippen LogP contribution in [0.2, 0.25) is 0 Å². The molecule has 1 aliphatic rings. The monoisotopic (exact) mass is 251 g/mol. The number of hydrogen-bond donors (Lipinski definition) is 3. The summed E-state index contributed by atoms with van der Waals surface area (Å²) < 4.78 is 0. The number of phenolic OH excluding ortho intramolecular Hbond substituents is 2. The summed E-state index contributed by atoms with van der Waals surface area (Å²) in [5, 5.41) is 27.4. The van der Waals surface area contributed by atoms with Gasteiger partial charge in [0.1, 0.15) is 11.5 Å². The van der Waals surface area contributed by atoms with Gasteiger partial charge < -0.3 is 20.2 Å². The Labute approximate surface area is 103 Å². The van der Waals surface area contributed by atoms with Gasteiger partial charge in [-0.05, 0) is 18.2 Å². The van der Waals surface area contributed by atoms with Crippen molar-refractivity contribution in [3.8, 4) is 11.5 Å². The molecule has 6 heteroatoms. The van der Waals surface area contributed by atoms with Crippen molar-refractivity contribution in [2.75, 3.05) is 13.1 Å². The van der Waals surface area contributed by atoms with Crippen LogP contribution in [0, 0.1) is 5.92 Å². The second-order valence-corrected chi connectivity index (χ2v) is 4.38. The molecule has 3 N–H and O–H groups in total. The van der Waals surface area contributed by atoms with E-state index in [1.807, 2.05) is 0 Å². The Balaban J connectivity index is 2.01. The van der Waals surface area contributed by atoms with Crippen molar-refractivity contribution in [3.05, 3.63) is 23.8 Å². The average Bonchev–Trinajstić information content (AvgIpc) is 2.25. The number of aromatic hydroxyl groups is 2. The molecule has 0 spiro atoms. The van der Waals surface area contributed by atoms with E-state index in [0.717, 1.165) is 0 Å². The molecule has 0 atom stereocenters. The Morgan fingerprint density at radius 2 is 1.94 bits per heavy atom. The number of amides is 1. The van der Waals surface area contributed by atoms with Gasteiger partial charge in [0.05, 0.1) is 12.0 Å². The molecule has 1 aromatic rings. The molecule has 6 nitrogen and oxygen atoms in total. The van der Waals surface area contributed by atoms with E-state index in [1.165, 1.54) is 23.1 Å². The molecule has 0 radical (unpaired) electrons. The van der Waals surface area contributed by atoms with Gasteiger partial charge in [-0.2, -0.15) is 0 Å². The van der Waals surface area contributed by atoms with Crippen LogP contribution in [0.15, 0.2) is 18.2 Å². The van der Waals surface area contributed by atoms with Crippen LogP contribution in [0.3, 0.4) is 0 Å². The molecular formula is C12H13NO5. The Hall–Kier alpha value is -2.24. The predicted octanol–water partition coefficient (Wildman–Crippen LogP) is 0.644. The van der Waals surface area contributed by atoms with Crippen molar-refractivity contribution in [2.24, 2.45) is 5.92 Å². The summed E-state index contributed by atoms with van der Waals surface area (Å²) in [7, 11) is 0. The molecule has 0 saturated carbocycles. The highest BCUT2D eigenvalue weighted by molar-refractivity contribution is 5.97. The molecule has 18 heavy (non-hydrogen) atoms. The first kappa shape index (κ1) is 12.2. The number of carboxylic acid groups (broad SMARTS) is 1. The molecule has 2 rings (SSSR count). The molecule has 1 saturated heterocycles. The summed E-state index contributed by atoms with van der Waals surface area (Å²) >= 11 is 0. The summed E-state index contributed by atoms with van der Waals surface area (Å²) in [6.07, 6.45) is 0.0375. The Morgan fingerprint density at radius 1 is 1.28 bits per heavy atom. The Bertz CT molecular complexity index is 493. The minimum absolute atomic E-state index is 0.0313.